The highest BCUT2D eigenvalue weighted by Crippen LogP contribution is 2.20. The molecule has 2 heterocycles. The number of fused-ring (bicyclic) bond motifs is 1. The normalized spacial score (nSPS) is 14.3. The quantitative estimate of drug-likeness (QED) is 0.722. The van der Waals surface area contributed by atoms with Crippen LogP contribution >= 0.6 is 0 Å². The third-order valence-corrected chi connectivity index (χ3v) is 2.11. The molecule has 1 amide bonds. The Kier molecular flexibility index (Phi) is 1.92. The third kappa shape index (κ3) is 1.32. The van der Waals surface area contributed by atoms with Gasteiger partial charge in [-0.3, -0.25) is 14.6 Å². The molecule has 2 rings (SSSR count). The molecule has 0 unspecified atom stereocenters. The number of carbonyl (C=O) groups excluding carboxylic acids is 1. The van der Waals surface area contributed by atoms with Crippen LogP contribution in [0.15, 0.2) is 18.5 Å². The Hall–Kier alpha value is -1.91. The monoisotopic (exact) mass is 192 g/mol. The summed E-state index contributed by atoms with van der Waals surface area (Å²) in [4.78, 5) is 27.2. The van der Waals surface area contributed by atoms with Crippen LogP contribution in [0.4, 0.5) is 0 Å². The molecule has 0 saturated carbocycles. The second-order valence-electron chi connectivity index (χ2n) is 3.09. The van der Waals surface area contributed by atoms with Crippen LogP contribution in [0.1, 0.15) is 15.9 Å². The van der Waals surface area contributed by atoms with Gasteiger partial charge in [0.1, 0.15) is 6.54 Å². The summed E-state index contributed by atoms with van der Waals surface area (Å²) in [5.74, 6) is -1.23. The van der Waals surface area contributed by atoms with Crippen LogP contribution in [0.3, 0.4) is 0 Å². The van der Waals surface area contributed by atoms with Crippen molar-refractivity contribution < 1.29 is 14.7 Å². The van der Waals surface area contributed by atoms with Crippen LogP contribution in [0.25, 0.3) is 0 Å². The highest BCUT2D eigenvalue weighted by molar-refractivity contribution is 5.99. The fourth-order valence-electron chi connectivity index (χ4n) is 1.50. The number of aromatic nitrogens is 1. The van der Waals surface area contributed by atoms with Gasteiger partial charge in [-0.05, 0) is 6.07 Å². The van der Waals surface area contributed by atoms with Crippen molar-refractivity contribution in [2.45, 2.75) is 6.54 Å². The molecular formula is C9H8N2O3. The van der Waals surface area contributed by atoms with E-state index in [0.29, 0.717) is 12.1 Å². The van der Waals surface area contributed by atoms with E-state index < -0.39 is 5.97 Å². The van der Waals surface area contributed by atoms with E-state index in [2.05, 4.69) is 4.98 Å². The molecule has 0 fully saturated rings. The van der Waals surface area contributed by atoms with Gasteiger partial charge in [-0.15, -0.1) is 0 Å². The Bertz CT molecular complexity index is 403. The second kappa shape index (κ2) is 3.10. The van der Waals surface area contributed by atoms with Gasteiger partial charge in [-0.25, -0.2) is 0 Å². The lowest BCUT2D eigenvalue weighted by atomic mass is 10.2. The minimum absolute atomic E-state index is 0.232. The molecule has 1 aromatic rings. The zero-order valence-corrected chi connectivity index (χ0v) is 7.30. The lowest BCUT2D eigenvalue weighted by Gasteiger charge is -2.11. The predicted octanol–water partition coefficient (Wildman–Crippen LogP) is 0.122. The first-order chi connectivity index (χ1) is 6.68. The topological polar surface area (TPSA) is 70.5 Å². The lowest BCUT2D eigenvalue weighted by molar-refractivity contribution is -0.137. The van der Waals surface area contributed by atoms with Gasteiger partial charge in [0.15, 0.2) is 0 Å². The van der Waals surface area contributed by atoms with Gasteiger partial charge in [-0.2, -0.15) is 0 Å². The van der Waals surface area contributed by atoms with Gasteiger partial charge in [0, 0.05) is 30.1 Å². The number of hydrogen-bond acceptors (Lipinski definition) is 3. The first-order valence-electron chi connectivity index (χ1n) is 4.12. The van der Waals surface area contributed by atoms with Gasteiger partial charge >= 0.3 is 5.97 Å². The molecular weight excluding hydrogens is 184 g/mol. The van der Waals surface area contributed by atoms with Crippen molar-refractivity contribution in [1.82, 2.24) is 9.88 Å². The zero-order valence-electron chi connectivity index (χ0n) is 7.30. The van der Waals surface area contributed by atoms with Gasteiger partial charge in [0.05, 0.1) is 0 Å². The van der Waals surface area contributed by atoms with Gasteiger partial charge in [-0.1, -0.05) is 0 Å². The number of hydrogen-bond donors (Lipinski definition) is 1. The minimum atomic E-state index is -1.00. The molecule has 14 heavy (non-hydrogen) atoms. The molecule has 0 saturated heterocycles. The molecule has 0 aliphatic carbocycles. The Morgan fingerprint density at radius 2 is 2.43 bits per heavy atom. The molecule has 72 valence electrons. The number of carboxylic acids is 1. The summed E-state index contributed by atoms with van der Waals surface area (Å²) >= 11 is 0. The highest BCUT2D eigenvalue weighted by Gasteiger charge is 2.28. The maximum atomic E-state index is 11.6. The molecule has 5 heteroatoms. The summed E-state index contributed by atoms with van der Waals surface area (Å²) in [6.45, 7) is 0.0851. The van der Waals surface area contributed by atoms with Crippen molar-refractivity contribution in [1.29, 1.82) is 0 Å². The van der Waals surface area contributed by atoms with Crippen LogP contribution in [0.2, 0.25) is 0 Å². The lowest BCUT2D eigenvalue weighted by Crippen LogP contribution is -2.29. The number of nitrogens with zero attached hydrogens (tertiary/aromatic N) is 2. The van der Waals surface area contributed by atoms with Crippen molar-refractivity contribution >= 4 is 11.9 Å². The Balaban J connectivity index is 2.26. The first kappa shape index (κ1) is 8.68. The molecule has 0 atom stereocenters. The van der Waals surface area contributed by atoms with E-state index >= 15 is 0 Å². The number of carbonyl (C=O) groups is 2. The number of rotatable bonds is 2. The summed E-state index contributed by atoms with van der Waals surface area (Å²) in [5.41, 5.74) is 1.35. The van der Waals surface area contributed by atoms with Crippen molar-refractivity contribution in [2.75, 3.05) is 6.54 Å². The average molecular weight is 192 g/mol. The maximum Gasteiger partial charge on any atom is 0.323 e. The van der Waals surface area contributed by atoms with E-state index in [1.54, 1.807) is 12.3 Å². The summed E-state index contributed by atoms with van der Waals surface area (Å²) < 4.78 is 0. The Labute approximate surface area is 80.0 Å². The largest absolute Gasteiger partial charge is 0.480 e. The molecule has 1 N–H and O–H groups in total. The fourth-order valence-corrected chi connectivity index (χ4v) is 1.50. The molecule has 0 spiro atoms. The maximum absolute atomic E-state index is 11.6. The van der Waals surface area contributed by atoms with E-state index in [1.807, 2.05) is 0 Å². The zero-order chi connectivity index (χ0) is 10.1. The standard InChI is InChI=1S/C9H8N2O3/c12-8(13)5-11-4-6-3-10-2-1-7(6)9(11)14/h1-3H,4-5H2,(H,12,13). The predicted molar refractivity (Wildman–Crippen MR) is 46.6 cm³/mol. The third-order valence-electron chi connectivity index (χ3n) is 2.11. The van der Waals surface area contributed by atoms with Crippen molar-refractivity contribution in [3.05, 3.63) is 29.6 Å². The molecule has 0 bridgehead atoms. The van der Waals surface area contributed by atoms with Crippen molar-refractivity contribution in [3.63, 3.8) is 0 Å². The summed E-state index contributed by atoms with van der Waals surface area (Å²) in [6.07, 6.45) is 3.12. The average Bonchev–Trinajstić information content (AvgIpc) is 2.44. The molecule has 0 radical (unpaired) electrons. The Morgan fingerprint density at radius 3 is 3.07 bits per heavy atom. The number of carboxylic acid groups (broad SMARTS) is 1. The molecule has 5 nitrogen and oxygen atoms in total. The number of aliphatic carboxylic acids is 1. The van der Waals surface area contributed by atoms with Gasteiger partial charge < -0.3 is 10.0 Å². The van der Waals surface area contributed by atoms with Crippen LogP contribution < -0.4 is 0 Å². The SMILES string of the molecule is O=C(O)CN1Cc2cnccc2C1=O. The van der Waals surface area contributed by atoms with Crippen LogP contribution in [0, 0.1) is 0 Å². The van der Waals surface area contributed by atoms with Gasteiger partial charge in [0.2, 0.25) is 0 Å². The van der Waals surface area contributed by atoms with E-state index in [1.165, 1.54) is 11.1 Å². The summed E-state index contributed by atoms with van der Waals surface area (Å²) in [6, 6.07) is 1.61. The van der Waals surface area contributed by atoms with Gasteiger partial charge in [0.25, 0.3) is 5.91 Å². The van der Waals surface area contributed by atoms with E-state index in [4.69, 9.17) is 5.11 Å². The van der Waals surface area contributed by atoms with Crippen molar-refractivity contribution in [2.24, 2.45) is 0 Å². The highest BCUT2D eigenvalue weighted by atomic mass is 16.4. The molecule has 1 aromatic heterocycles. The number of amides is 1. The van der Waals surface area contributed by atoms with E-state index in [0.717, 1.165) is 5.56 Å². The fraction of sp³-hybridized carbons (Fsp3) is 0.222. The second-order valence-corrected chi connectivity index (χ2v) is 3.09. The molecule has 1 aliphatic rings. The smallest absolute Gasteiger partial charge is 0.323 e. The van der Waals surface area contributed by atoms with Crippen LogP contribution in [0.5, 0.6) is 0 Å². The van der Waals surface area contributed by atoms with Crippen LogP contribution in [-0.2, 0) is 11.3 Å². The molecule has 0 aromatic carbocycles. The van der Waals surface area contributed by atoms with Crippen LogP contribution in [-0.4, -0.2) is 33.4 Å². The first-order valence-corrected chi connectivity index (χ1v) is 4.12. The summed E-state index contributed by atoms with van der Waals surface area (Å²) in [7, 11) is 0. The number of pyridine rings is 1. The van der Waals surface area contributed by atoms with E-state index in [-0.39, 0.29) is 12.5 Å². The summed E-state index contributed by atoms with van der Waals surface area (Å²) in [5, 5.41) is 8.56. The molecule has 1 aliphatic heterocycles. The Morgan fingerprint density at radius 1 is 1.64 bits per heavy atom. The minimum Gasteiger partial charge on any atom is -0.480 e. The van der Waals surface area contributed by atoms with E-state index in [9.17, 15) is 9.59 Å². The van der Waals surface area contributed by atoms with Crippen molar-refractivity contribution in [3.8, 4) is 0 Å².